The van der Waals surface area contributed by atoms with Gasteiger partial charge in [-0.1, -0.05) is 116 Å². The lowest BCUT2D eigenvalue weighted by Gasteiger charge is -2.16. The van der Waals surface area contributed by atoms with E-state index in [1.165, 1.54) is 75.1 Å². The van der Waals surface area contributed by atoms with Crippen LogP contribution in [0.2, 0.25) is 0 Å². The molecular weight excluding hydrogens is 476 g/mol. The minimum Gasteiger partial charge on any atom is -0.135 e. The lowest BCUT2D eigenvalue weighted by Crippen LogP contribution is -1.89. The zero-order valence-electron chi connectivity index (χ0n) is 21.2. The van der Waals surface area contributed by atoms with Crippen molar-refractivity contribution in [3.8, 4) is 22.3 Å². The second-order valence-corrected chi connectivity index (χ2v) is 10.8. The number of allylic oxidation sites excluding steroid dienone is 1. The second-order valence-electron chi connectivity index (χ2n) is 9.70. The van der Waals surface area contributed by atoms with Crippen LogP contribution >= 0.6 is 11.3 Å². The molecule has 0 amide bonds. The van der Waals surface area contributed by atoms with E-state index in [0.29, 0.717) is 0 Å². The molecule has 0 fully saturated rings. The molecule has 0 aliphatic carbocycles. The molecule has 6 aromatic carbocycles. The first-order valence-corrected chi connectivity index (χ1v) is 13.8. The molecule has 0 aliphatic heterocycles. The van der Waals surface area contributed by atoms with E-state index in [2.05, 4.69) is 135 Å². The Hall–Kier alpha value is -4.46. The highest BCUT2D eigenvalue weighted by Crippen LogP contribution is 2.43. The van der Waals surface area contributed by atoms with Crippen molar-refractivity contribution in [2.75, 3.05) is 0 Å². The van der Waals surface area contributed by atoms with Crippen molar-refractivity contribution in [3.05, 3.63) is 132 Å². The minimum atomic E-state index is 1.22. The summed E-state index contributed by atoms with van der Waals surface area (Å²) in [6.45, 7) is 6.13. The Morgan fingerprint density at radius 3 is 1.74 bits per heavy atom. The summed E-state index contributed by atoms with van der Waals surface area (Å²) in [4.78, 5) is 1.22. The summed E-state index contributed by atoms with van der Waals surface area (Å²) in [6, 6.07) is 40.1. The molecular formula is C37H26S. The van der Waals surface area contributed by atoms with Crippen LogP contribution in [0.4, 0.5) is 0 Å². The number of thiophene rings is 1. The molecule has 180 valence electrons. The monoisotopic (exact) mass is 502 g/mol. The van der Waals surface area contributed by atoms with Crippen LogP contribution in [0.3, 0.4) is 0 Å². The van der Waals surface area contributed by atoms with E-state index in [-0.39, 0.29) is 0 Å². The Morgan fingerprint density at radius 1 is 0.553 bits per heavy atom. The molecule has 38 heavy (non-hydrogen) atoms. The summed E-state index contributed by atoms with van der Waals surface area (Å²) in [5, 5.41) is 9.02. The Morgan fingerprint density at radius 2 is 1.13 bits per heavy atom. The third kappa shape index (κ3) is 3.51. The smallest absolute Gasteiger partial charge is 0.0361 e. The van der Waals surface area contributed by atoms with Crippen LogP contribution in [0.15, 0.2) is 122 Å². The third-order valence-electron chi connectivity index (χ3n) is 7.55. The van der Waals surface area contributed by atoms with Crippen molar-refractivity contribution in [1.82, 2.24) is 0 Å². The molecule has 0 saturated heterocycles. The Balaban J connectivity index is 1.56. The molecule has 7 aromatic rings. The Kier molecular flexibility index (Phi) is 5.46. The quantitative estimate of drug-likeness (QED) is 0.210. The second kappa shape index (κ2) is 9.13. The molecule has 0 bridgehead atoms. The first-order chi connectivity index (χ1) is 18.8. The van der Waals surface area contributed by atoms with E-state index in [9.17, 15) is 0 Å². The van der Waals surface area contributed by atoms with E-state index in [1.54, 1.807) is 0 Å². The van der Waals surface area contributed by atoms with Crippen molar-refractivity contribution in [1.29, 1.82) is 0 Å². The van der Waals surface area contributed by atoms with Gasteiger partial charge >= 0.3 is 0 Å². The normalized spacial score (nSPS) is 11.8. The number of fused-ring (bicyclic) bond motifs is 6. The van der Waals surface area contributed by atoms with Crippen LogP contribution in [0.5, 0.6) is 0 Å². The fourth-order valence-corrected chi connectivity index (χ4v) is 6.92. The molecule has 1 heterocycles. The zero-order valence-corrected chi connectivity index (χ0v) is 22.1. The number of rotatable bonds is 4. The molecule has 0 saturated carbocycles. The SMILES string of the molecule is C=Cc1sc2cc(-c3cc4c5ccccc5c(-c5ccccc5)cc4c4ccccc34)ccc2c1/C=C\C. The first kappa shape index (κ1) is 22.7. The number of hydrogen-bond acceptors (Lipinski definition) is 1. The molecule has 0 spiro atoms. The lowest BCUT2D eigenvalue weighted by molar-refractivity contribution is 1.67. The Labute approximate surface area is 226 Å². The van der Waals surface area contributed by atoms with Gasteiger partial charge in [0.2, 0.25) is 0 Å². The van der Waals surface area contributed by atoms with E-state index in [4.69, 9.17) is 0 Å². The summed E-state index contributed by atoms with van der Waals surface area (Å²) >= 11 is 1.81. The van der Waals surface area contributed by atoms with Crippen LogP contribution in [0.25, 0.3) is 76.8 Å². The fourth-order valence-electron chi connectivity index (χ4n) is 5.84. The van der Waals surface area contributed by atoms with Gasteiger partial charge in [-0.15, -0.1) is 11.3 Å². The average molecular weight is 503 g/mol. The maximum absolute atomic E-state index is 4.06. The van der Waals surface area contributed by atoms with Crippen LogP contribution < -0.4 is 0 Å². The summed E-state index contributed by atoms with van der Waals surface area (Å²) in [5.74, 6) is 0. The van der Waals surface area contributed by atoms with Gasteiger partial charge in [-0.2, -0.15) is 0 Å². The van der Waals surface area contributed by atoms with Crippen molar-refractivity contribution in [2.45, 2.75) is 6.92 Å². The minimum absolute atomic E-state index is 1.22. The van der Waals surface area contributed by atoms with Gasteiger partial charge in [0, 0.05) is 15.0 Å². The lowest BCUT2D eigenvalue weighted by atomic mass is 9.87. The highest BCUT2D eigenvalue weighted by molar-refractivity contribution is 7.20. The van der Waals surface area contributed by atoms with Crippen molar-refractivity contribution < 1.29 is 0 Å². The molecule has 1 heteroatoms. The van der Waals surface area contributed by atoms with Gasteiger partial charge in [-0.25, -0.2) is 0 Å². The van der Waals surface area contributed by atoms with Gasteiger partial charge in [0.1, 0.15) is 0 Å². The molecule has 0 aliphatic rings. The van der Waals surface area contributed by atoms with Crippen LogP contribution in [-0.4, -0.2) is 0 Å². The van der Waals surface area contributed by atoms with Gasteiger partial charge in [-0.05, 0) is 85.3 Å². The van der Waals surface area contributed by atoms with Crippen LogP contribution in [0.1, 0.15) is 17.4 Å². The van der Waals surface area contributed by atoms with Crippen LogP contribution in [0, 0.1) is 0 Å². The van der Waals surface area contributed by atoms with Crippen molar-refractivity contribution >= 4 is 65.9 Å². The summed E-state index contributed by atoms with van der Waals surface area (Å²) < 4.78 is 1.29. The molecule has 0 atom stereocenters. The van der Waals surface area contributed by atoms with E-state index in [1.807, 2.05) is 17.4 Å². The molecule has 0 nitrogen and oxygen atoms in total. The standard InChI is InChI=1S/C37H26S/c1-3-12-30-31-20-19-25(21-37(31)38-36(30)4-2)33-23-35-28-17-10-8-15-26(28)32(24-13-6-5-7-14-24)22-34(35)29-18-11-9-16-27(29)33/h3-23H,2H2,1H3/b12-3-. The van der Waals surface area contributed by atoms with Crippen molar-refractivity contribution in [2.24, 2.45) is 0 Å². The largest absolute Gasteiger partial charge is 0.135 e. The van der Waals surface area contributed by atoms with Gasteiger partial charge in [0.05, 0.1) is 0 Å². The Bertz CT molecular complexity index is 2040. The molecule has 0 radical (unpaired) electrons. The zero-order chi connectivity index (χ0) is 25.6. The summed E-state index contributed by atoms with van der Waals surface area (Å²) in [7, 11) is 0. The predicted molar refractivity (Wildman–Crippen MR) is 170 cm³/mol. The molecule has 0 unspecified atom stereocenters. The summed E-state index contributed by atoms with van der Waals surface area (Å²) in [5.41, 5.74) is 6.30. The number of benzene rings is 6. The van der Waals surface area contributed by atoms with E-state index >= 15 is 0 Å². The van der Waals surface area contributed by atoms with E-state index in [0.717, 1.165) is 0 Å². The summed E-state index contributed by atoms with van der Waals surface area (Å²) in [6.07, 6.45) is 6.27. The number of hydrogen-bond donors (Lipinski definition) is 0. The van der Waals surface area contributed by atoms with Crippen molar-refractivity contribution in [3.63, 3.8) is 0 Å². The van der Waals surface area contributed by atoms with Crippen LogP contribution in [-0.2, 0) is 0 Å². The highest BCUT2D eigenvalue weighted by Gasteiger charge is 2.15. The first-order valence-electron chi connectivity index (χ1n) is 13.0. The molecule has 0 N–H and O–H groups in total. The van der Waals surface area contributed by atoms with Gasteiger partial charge in [0.15, 0.2) is 0 Å². The highest BCUT2D eigenvalue weighted by atomic mass is 32.1. The predicted octanol–water partition coefficient (Wildman–Crippen LogP) is 11.4. The maximum atomic E-state index is 4.06. The molecule has 7 rings (SSSR count). The average Bonchev–Trinajstić information content (AvgIpc) is 3.33. The van der Waals surface area contributed by atoms with Gasteiger partial charge in [-0.3, -0.25) is 0 Å². The van der Waals surface area contributed by atoms with E-state index < -0.39 is 0 Å². The fraction of sp³-hybridized carbons (Fsp3) is 0.0270. The maximum Gasteiger partial charge on any atom is 0.0361 e. The van der Waals surface area contributed by atoms with Gasteiger partial charge < -0.3 is 0 Å². The third-order valence-corrected chi connectivity index (χ3v) is 8.72. The van der Waals surface area contributed by atoms with Gasteiger partial charge in [0.25, 0.3) is 0 Å². The molecule has 1 aromatic heterocycles. The topological polar surface area (TPSA) is 0 Å².